The Morgan fingerprint density at radius 3 is 2.35 bits per heavy atom. The van der Waals surface area contributed by atoms with E-state index in [2.05, 4.69) is 0 Å². The molecule has 1 aromatic rings. The first-order valence-electron chi connectivity index (χ1n) is 6.73. The molecule has 104 valence electrons. The van der Waals surface area contributed by atoms with Crippen molar-refractivity contribution in [3.05, 3.63) is 35.8 Å². The van der Waals surface area contributed by atoms with Crippen LogP contribution in [0.5, 0.6) is 11.5 Å². The molecule has 0 bridgehead atoms. The molecule has 5 nitrogen and oxygen atoms in total. The van der Waals surface area contributed by atoms with Crippen molar-refractivity contribution in [2.75, 3.05) is 13.1 Å². The lowest BCUT2D eigenvalue weighted by atomic mass is 10.1. The molecule has 0 aromatic heterocycles. The van der Waals surface area contributed by atoms with Gasteiger partial charge in [0.15, 0.2) is 17.8 Å². The van der Waals surface area contributed by atoms with Crippen molar-refractivity contribution < 1.29 is 19.1 Å². The van der Waals surface area contributed by atoms with E-state index in [0.29, 0.717) is 30.9 Å². The minimum Gasteiger partial charge on any atom is -0.446 e. The highest BCUT2D eigenvalue weighted by Crippen LogP contribution is 2.34. The van der Waals surface area contributed by atoms with Gasteiger partial charge in [-0.3, -0.25) is 9.59 Å². The van der Waals surface area contributed by atoms with Crippen LogP contribution >= 0.6 is 0 Å². The van der Waals surface area contributed by atoms with Crippen LogP contribution < -0.4 is 9.47 Å². The maximum atomic E-state index is 12.4. The first-order chi connectivity index (χ1) is 9.79. The fraction of sp³-hybridized carbons (Fsp3) is 0.333. The average molecular weight is 273 g/mol. The minimum absolute atomic E-state index is 0.0133. The monoisotopic (exact) mass is 273 g/mol. The number of carbonyl (C=O) groups is 2. The summed E-state index contributed by atoms with van der Waals surface area (Å²) >= 11 is 0. The average Bonchev–Trinajstić information content (AvgIpc) is 2.53. The van der Waals surface area contributed by atoms with Gasteiger partial charge in [0, 0.05) is 13.1 Å². The fourth-order valence-electron chi connectivity index (χ4n) is 2.41. The summed E-state index contributed by atoms with van der Waals surface area (Å²) in [6.07, 6.45) is 3.61. The first kappa shape index (κ1) is 12.7. The highest BCUT2D eigenvalue weighted by molar-refractivity contribution is 5.97. The molecular formula is C15H15NO4. The number of hydrogen-bond acceptors (Lipinski definition) is 4. The van der Waals surface area contributed by atoms with E-state index in [4.69, 9.17) is 9.47 Å². The molecule has 1 aromatic carbocycles. The molecule has 0 aliphatic carbocycles. The van der Waals surface area contributed by atoms with E-state index < -0.39 is 0 Å². The number of piperidine rings is 1. The molecule has 0 saturated carbocycles. The van der Waals surface area contributed by atoms with Gasteiger partial charge in [-0.2, -0.15) is 0 Å². The van der Waals surface area contributed by atoms with Gasteiger partial charge in [-0.15, -0.1) is 0 Å². The summed E-state index contributed by atoms with van der Waals surface area (Å²) in [7, 11) is 0. The number of carbonyl (C=O) groups excluding carboxylic acids is 2. The van der Waals surface area contributed by atoms with Crippen molar-refractivity contribution in [2.45, 2.75) is 19.3 Å². The molecule has 2 aliphatic heterocycles. The van der Waals surface area contributed by atoms with E-state index in [1.54, 1.807) is 29.2 Å². The normalized spacial score (nSPS) is 17.9. The van der Waals surface area contributed by atoms with Gasteiger partial charge in [0.2, 0.25) is 11.5 Å². The summed E-state index contributed by atoms with van der Waals surface area (Å²) in [5, 5.41) is 0. The summed E-state index contributed by atoms with van der Waals surface area (Å²) in [5.41, 5.74) is 0. The van der Waals surface area contributed by atoms with Crippen molar-refractivity contribution in [3.63, 3.8) is 0 Å². The summed E-state index contributed by atoms with van der Waals surface area (Å²) in [4.78, 5) is 25.3. The van der Waals surface area contributed by atoms with Crippen molar-refractivity contribution in [1.82, 2.24) is 4.90 Å². The molecule has 2 heterocycles. The van der Waals surface area contributed by atoms with Gasteiger partial charge in [0.05, 0.1) is 0 Å². The summed E-state index contributed by atoms with van der Waals surface area (Å²) in [5.74, 6) is 0.560. The first-order valence-corrected chi connectivity index (χ1v) is 6.73. The van der Waals surface area contributed by atoms with E-state index in [9.17, 15) is 9.59 Å². The van der Waals surface area contributed by atoms with Crippen LogP contribution in [0.3, 0.4) is 0 Å². The lowest BCUT2D eigenvalue weighted by Crippen LogP contribution is -2.39. The number of fused-ring (bicyclic) bond motifs is 1. The predicted molar refractivity (Wildman–Crippen MR) is 71.2 cm³/mol. The molecule has 0 spiro atoms. The Kier molecular flexibility index (Phi) is 3.41. The molecular weight excluding hydrogens is 258 g/mol. The van der Waals surface area contributed by atoms with Crippen molar-refractivity contribution in [3.8, 4) is 11.5 Å². The van der Waals surface area contributed by atoms with Crippen LogP contribution in [-0.2, 0) is 9.59 Å². The number of benzene rings is 1. The number of likely N-dealkylation sites (tertiary alicyclic amines) is 1. The lowest BCUT2D eigenvalue weighted by molar-refractivity contribution is -0.131. The number of amides is 1. The third kappa shape index (κ3) is 2.27. The zero-order valence-corrected chi connectivity index (χ0v) is 11.0. The van der Waals surface area contributed by atoms with Gasteiger partial charge in [-0.1, -0.05) is 12.1 Å². The molecule has 20 heavy (non-hydrogen) atoms. The second kappa shape index (κ2) is 5.36. The largest absolute Gasteiger partial charge is 0.446 e. The molecule has 0 N–H and O–H groups in total. The van der Waals surface area contributed by atoms with Crippen LogP contribution in [-0.4, -0.2) is 30.2 Å². The number of rotatable bonds is 2. The Bertz CT molecular complexity index is 573. The number of para-hydroxylation sites is 2. The van der Waals surface area contributed by atoms with Crippen LogP contribution in [0.15, 0.2) is 35.8 Å². The highest BCUT2D eigenvalue weighted by atomic mass is 16.6. The minimum atomic E-state index is -0.277. The summed E-state index contributed by atoms with van der Waals surface area (Å²) in [6, 6.07) is 6.97. The molecule has 5 heteroatoms. The Hall–Kier alpha value is -2.30. The lowest BCUT2D eigenvalue weighted by Gasteiger charge is -2.29. The van der Waals surface area contributed by atoms with E-state index in [-0.39, 0.29) is 17.4 Å². The Balaban J connectivity index is 1.88. The van der Waals surface area contributed by atoms with E-state index in [1.807, 2.05) is 0 Å². The second-order valence-corrected chi connectivity index (χ2v) is 4.81. The SMILES string of the molecule is O=CC1=C(C(=O)N2CCCCC2)Oc2ccccc2O1. The molecule has 1 saturated heterocycles. The molecule has 0 unspecified atom stereocenters. The molecule has 0 radical (unpaired) electrons. The van der Waals surface area contributed by atoms with Gasteiger partial charge in [0.1, 0.15) is 0 Å². The second-order valence-electron chi connectivity index (χ2n) is 4.81. The van der Waals surface area contributed by atoms with Crippen LogP contribution in [0.25, 0.3) is 0 Å². The zero-order chi connectivity index (χ0) is 13.9. The van der Waals surface area contributed by atoms with Crippen LogP contribution in [0.4, 0.5) is 0 Å². The third-order valence-electron chi connectivity index (χ3n) is 3.45. The van der Waals surface area contributed by atoms with Crippen molar-refractivity contribution >= 4 is 12.2 Å². The Labute approximate surface area is 116 Å². The summed E-state index contributed by atoms with van der Waals surface area (Å²) in [6.45, 7) is 1.39. The molecule has 1 fully saturated rings. The number of ether oxygens (including phenoxy) is 2. The summed E-state index contributed by atoms with van der Waals surface area (Å²) < 4.78 is 11.0. The van der Waals surface area contributed by atoms with E-state index >= 15 is 0 Å². The maximum absolute atomic E-state index is 12.4. The number of aldehydes is 1. The number of nitrogens with zero attached hydrogens (tertiary/aromatic N) is 1. The molecule has 2 aliphatic rings. The fourth-order valence-corrected chi connectivity index (χ4v) is 2.41. The highest BCUT2D eigenvalue weighted by Gasteiger charge is 2.30. The molecule has 0 atom stereocenters. The van der Waals surface area contributed by atoms with Crippen LogP contribution in [0.1, 0.15) is 19.3 Å². The quantitative estimate of drug-likeness (QED) is 0.772. The zero-order valence-electron chi connectivity index (χ0n) is 11.0. The van der Waals surface area contributed by atoms with Crippen LogP contribution in [0.2, 0.25) is 0 Å². The van der Waals surface area contributed by atoms with Crippen molar-refractivity contribution in [1.29, 1.82) is 0 Å². The third-order valence-corrected chi connectivity index (χ3v) is 3.45. The van der Waals surface area contributed by atoms with Gasteiger partial charge >= 0.3 is 0 Å². The predicted octanol–water partition coefficient (Wildman–Crippen LogP) is 1.88. The van der Waals surface area contributed by atoms with Gasteiger partial charge in [-0.05, 0) is 31.4 Å². The van der Waals surface area contributed by atoms with E-state index in [1.165, 1.54) is 0 Å². The number of allylic oxidation sites excluding steroid dienone is 1. The van der Waals surface area contributed by atoms with Crippen LogP contribution in [0, 0.1) is 0 Å². The van der Waals surface area contributed by atoms with E-state index in [0.717, 1.165) is 19.3 Å². The standard InChI is InChI=1S/C15H15NO4/c17-10-13-14(15(18)16-8-4-1-5-9-16)20-12-7-3-2-6-11(12)19-13/h2-3,6-7,10H,1,4-5,8-9H2. The Morgan fingerprint density at radius 2 is 1.70 bits per heavy atom. The molecule has 1 amide bonds. The maximum Gasteiger partial charge on any atom is 0.293 e. The smallest absolute Gasteiger partial charge is 0.293 e. The van der Waals surface area contributed by atoms with Gasteiger partial charge in [-0.25, -0.2) is 0 Å². The Morgan fingerprint density at radius 1 is 1.05 bits per heavy atom. The van der Waals surface area contributed by atoms with Gasteiger partial charge in [0.25, 0.3) is 5.91 Å². The molecule has 3 rings (SSSR count). The topological polar surface area (TPSA) is 55.8 Å². The van der Waals surface area contributed by atoms with Gasteiger partial charge < -0.3 is 14.4 Å². The number of hydrogen-bond donors (Lipinski definition) is 0. The van der Waals surface area contributed by atoms with Crippen molar-refractivity contribution in [2.24, 2.45) is 0 Å².